The number of benzene rings is 2. The molecule has 2 aromatic heterocycles. The average molecular weight is 368 g/mol. The van der Waals surface area contributed by atoms with Gasteiger partial charge in [-0.1, -0.05) is 18.2 Å². The highest BCUT2D eigenvalue weighted by atomic mass is 32.2. The molecule has 1 aliphatic heterocycles. The highest BCUT2D eigenvalue weighted by molar-refractivity contribution is 7.89. The highest BCUT2D eigenvalue weighted by Gasteiger charge is 2.30. The van der Waals surface area contributed by atoms with Crippen LogP contribution in [0.15, 0.2) is 52.2 Å². The second-order valence-corrected chi connectivity index (χ2v) is 8.44. The van der Waals surface area contributed by atoms with Crippen molar-refractivity contribution in [2.45, 2.75) is 17.9 Å². The molecule has 3 heterocycles. The van der Waals surface area contributed by atoms with E-state index in [1.54, 1.807) is 6.07 Å². The molecule has 1 aliphatic rings. The Kier molecular flexibility index (Phi) is 3.16. The molecule has 0 saturated heterocycles. The monoisotopic (exact) mass is 368 g/mol. The van der Waals surface area contributed by atoms with Gasteiger partial charge in [-0.2, -0.15) is 4.31 Å². The summed E-state index contributed by atoms with van der Waals surface area (Å²) in [6, 6.07) is 12.6. The minimum atomic E-state index is -3.65. The molecule has 0 saturated carbocycles. The topological polar surface area (TPSA) is 102 Å². The summed E-state index contributed by atoms with van der Waals surface area (Å²) < 4.78 is 27.7. The predicted octanol–water partition coefficient (Wildman–Crippen LogP) is 2.08. The highest BCUT2D eigenvalue weighted by Crippen LogP contribution is 2.30. The number of imidazole rings is 1. The number of sulfonamides is 1. The molecule has 4 aromatic rings. The number of rotatable bonds is 2. The first-order valence-electron chi connectivity index (χ1n) is 8.33. The summed E-state index contributed by atoms with van der Waals surface area (Å²) in [6.45, 7) is 0.757. The van der Waals surface area contributed by atoms with Gasteiger partial charge in [-0.05, 0) is 29.8 Å². The molecule has 2 aromatic carbocycles. The molecule has 0 fully saturated rings. The van der Waals surface area contributed by atoms with E-state index < -0.39 is 10.0 Å². The second-order valence-electron chi connectivity index (χ2n) is 6.50. The molecule has 0 aliphatic carbocycles. The van der Waals surface area contributed by atoms with Gasteiger partial charge in [0.15, 0.2) is 0 Å². The van der Waals surface area contributed by atoms with Crippen LogP contribution in [0.1, 0.15) is 11.3 Å². The third kappa shape index (κ3) is 2.23. The van der Waals surface area contributed by atoms with Crippen LogP contribution in [0.5, 0.6) is 0 Å². The van der Waals surface area contributed by atoms with Crippen LogP contribution >= 0.6 is 0 Å². The van der Waals surface area contributed by atoms with E-state index in [1.807, 2.05) is 24.3 Å². The van der Waals surface area contributed by atoms with Gasteiger partial charge in [0.25, 0.3) is 0 Å². The van der Waals surface area contributed by atoms with Gasteiger partial charge in [-0.25, -0.2) is 13.2 Å². The van der Waals surface area contributed by atoms with Gasteiger partial charge in [0.05, 0.1) is 15.9 Å². The molecule has 0 bridgehead atoms. The van der Waals surface area contributed by atoms with Crippen molar-refractivity contribution < 1.29 is 8.42 Å². The zero-order valence-corrected chi connectivity index (χ0v) is 14.6. The van der Waals surface area contributed by atoms with Crippen LogP contribution in [0.2, 0.25) is 0 Å². The molecule has 3 N–H and O–H groups in total. The Morgan fingerprint density at radius 1 is 0.923 bits per heavy atom. The maximum atomic E-state index is 13.1. The molecule has 0 amide bonds. The lowest BCUT2D eigenvalue weighted by atomic mass is 10.1. The normalized spacial score (nSPS) is 15.5. The van der Waals surface area contributed by atoms with Crippen molar-refractivity contribution in [3.05, 3.63) is 64.2 Å². The number of nitrogens with zero attached hydrogens (tertiary/aromatic N) is 1. The third-order valence-corrected chi connectivity index (χ3v) is 6.81. The van der Waals surface area contributed by atoms with E-state index in [4.69, 9.17) is 0 Å². The SMILES string of the molecule is O=c1[nH]c2ccc(S(=O)(=O)N3CCc4[nH]c5ccccc5c4C3)cc2[nH]1. The van der Waals surface area contributed by atoms with Gasteiger partial charge in [0.1, 0.15) is 0 Å². The van der Waals surface area contributed by atoms with Crippen LogP contribution in [0.3, 0.4) is 0 Å². The largest absolute Gasteiger partial charge is 0.358 e. The third-order valence-electron chi connectivity index (χ3n) is 4.97. The van der Waals surface area contributed by atoms with Crippen molar-refractivity contribution in [1.29, 1.82) is 0 Å². The fourth-order valence-electron chi connectivity index (χ4n) is 3.67. The van der Waals surface area contributed by atoms with E-state index in [2.05, 4.69) is 15.0 Å². The molecule has 0 spiro atoms. The fraction of sp³-hybridized carbons (Fsp3) is 0.167. The van der Waals surface area contributed by atoms with Gasteiger partial charge >= 0.3 is 5.69 Å². The number of H-pyrrole nitrogens is 3. The van der Waals surface area contributed by atoms with Crippen LogP contribution in [0.25, 0.3) is 21.9 Å². The number of nitrogens with one attached hydrogen (secondary N) is 3. The standard InChI is InChI=1S/C18H16N4O3S/c23-18-20-16-6-5-11(9-17(16)21-18)26(24,25)22-8-7-15-13(10-22)12-3-1-2-4-14(12)19-15/h1-6,9,19H,7-8,10H2,(H2,20,21,23). The Labute approximate surface area is 148 Å². The van der Waals surface area contributed by atoms with E-state index >= 15 is 0 Å². The number of para-hydroxylation sites is 1. The van der Waals surface area contributed by atoms with Crippen molar-refractivity contribution in [2.75, 3.05) is 6.54 Å². The maximum Gasteiger partial charge on any atom is 0.323 e. The number of aromatic nitrogens is 3. The molecule has 8 heteroatoms. The summed E-state index contributed by atoms with van der Waals surface area (Å²) in [5.74, 6) is 0. The van der Waals surface area contributed by atoms with Gasteiger partial charge in [0, 0.05) is 36.1 Å². The molecule has 132 valence electrons. The van der Waals surface area contributed by atoms with Gasteiger partial charge in [-0.3, -0.25) is 0 Å². The Balaban J connectivity index is 1.57. The van der Waals surface area contributed by atoms with Crippen LogP contribution in [0, 0.1) is 0 Å². The van der Waals surface area contributed by atoms with Gasteiger partial charge in [0.2, 0.25) is 10.0 Å². The molecule has 26 heavy (non-hydrogen) atoms. The van der Waals surface area contributed by atoms with Crippen molar-refractivity contribution in [3.8, 4) is 0 Å². The summed E-state index contributed by atoms with van der Waals surface area (Å²) >= 11 is 0. The van der Waals surface area contributed by atoms with Crippen LogP contribution < -0.4 is 5.69 Å². The molecular formula is C18H16N4O3S. The Hall–Kier alpha value is -2.84. The van der Waals surface area contributed by atoms with E-state index in [1.165, 1.54) is 16.4 Å². The number of hydrogen-bond acceptors (Lipinski definition) is 3. The Morgan fingerprint density at radius 2 is 1.73 bits per heavy atom. The maximum absolute atomic E-state index is 13.1. The van der Waals surface area contributed by atoms with E-state index in [0.29, 0.717) is 30.5 Å². The summed E-state index contributed by atoms with van der Waals surface area (Å²) in [4.78, 5) is 20.2. The van der Waals surface area contributed by atoms with E-state index in [-0.39, 0.29) is 10.6 Å². The lowest BCUT2D eigenvalue weighted by Gasteiger charge is -2.26. The first kappa shape index (κ1) is 15.4. The summed E-state index contributed by atoms with van der Waals surface area (Å²) in [5, 5.41) is 1.06. The van der Waals surface area contributed by atoms with Crippen LogP contribution in [-0.4, -0.2) is 34.2 Å². The van der Waals surface area contributed by atoms with E-state index in [9.17, 15) is 13.2 Å². The quantitative estimate of drug-likeness (QED) is 0.505. The summed E-state index contributed by atoms with van der Waals surface area (Å²) in [7, 11) is -3.65. The molecule has 0 atom stereocenters. The molecule has 0 unspecified atom stereocenters. The van der Waals surface area contributed by atoms with Crippen molar-refractivity contribution >= 4 is 32.0 Å². The van der Waals surface area contributed by atoms with Gasteiger partial charge < -0.3 is 15.0 Å². The zero-order valence-electron chi connectivity index (χ0n) is 13.7. The summed E-state index contributed by atoms with van der Waals surface area (Å²) in [6.07, 6.45) is 0.645. The van der Waals surface area contributed by atoms with Crippen LogP contribution in [0.4, 0.5) is 0 Å². The zero-order chi connectivity index (χ0) is 17.9. The van der Waals surface area contributed by atoms with E-state index in [0.717, 1.165) is 22.2 Å². The first-order valence-corrected chi connectivity index (χ1v) is 9.77. The minimum absolute atomic E-state index is 0.184. The Bertz CT molecular complexity index is 1310. The lowest BCUT2D eigenvalue weighted by Crippen LogP contribution is -2.35. The van der Waals surface area contributed by atoms with Crippen molar-refractivity contribution in [3.63, 3.8) is 0 Å². The molecule has 0 radical (unpaired) electrons. The van der Waals surface area contributed by atoms with Gasteiger partial charge in [-0.15, -0.1) is 0 Å². The first-order chi connectivity index (χ1) is 12.5. The summed E-state index contributed by atoms with van der Waals surface area (Å²) in [5.41, 5.74) is 3.89. The van der Waals surface area contributed by atoms with Crippen molar-refractivity contribution in [2.24, 2.45) is 0 Å². The predicted molar refractivity (Wildman–Crippen MR) is 98.5 cm³/mol. The number of aromatic amines is 3. The average Bonchev–Trinajstić information content (AvgIpc) is 3.19. The molecular weight excluding hydrogens is 352 g/mol. The number of hydrogen-bond donors (Lipinski definition) is 3. The second kappa shape index (κ2) is 5.33. The fourth-order valence-corrected chi connectivity index (χ4v) is 5.10. The Morgan fingerprint density at radius 3 is 2.62 bits per heavy atom. The molecule has 7 nitrogen and oxygen atoms in total. The smallest absolute Gasteiger partial charge is 0.323 e. The number of fused-ring (bicyclic) bond motifs is 4. The van der Waals surface area contributed by atoms with Crippen LogP contribution in [-0.2, 0) is 23.0 Å². The molecule has 5 rings (SSSR count). The minimum Gasteiger partial charge on any atom is -0.358 e. The van der Waals surface area contributed by atoms with Crippen molar-refractivity contribution in [1.82, 2.24) is 19.3 Å². The lowest BCUT2D eigenvalue weighted by molar-refractivity contribution is 0.391.